The minimum absolute atomic E-state index is 0.384. The van der Waals surface area contributed by atoms with Crippen molar-refractivity contribution >= 4 is 11.4 Å². The van der Waals surface area contributed by atoms with Gasteiger partial charge in [0.1, 0.15) is 0 Å². The molecule has 4 heteroatoms. The summed E-state index contributed by atoms with van der Waals surface area (Å²) < 4.78 is 5.22. The normalized spacial score (nSPS) is 16.0. The first-order chi connectivity index (χ1) is 8.22. The van der Waals surface area contributed by atoms with Crippen molar-refractivity contribution in [3.63, 3.8) is 0 Å². The number of ether oxygens (including phenoxy) is 1. The number of rotatable bonds is 5. The van der Waals surface area contributed by atoms with Gasteiger partial charge in [0.05, 0.1) is 24.1 Å². The second-order valence-corrected chi connectivity index (χ2v) is 4.36. The van der Waals surface area contributed by atoms with Gasteiger partial charge in [-0.15, -0.1) is 0 Å². The van der Waals surface area contributed by atoms with Gasteiger partial charge in [-0.3, -0.25) is 0 Å². The molecule has 17 heavy (non-hydrogen) atoms. The van der Waals surface area contributed by atoms with E-state index in [1.807, 2.05) is 19.1 Å². The number of nitrogens with zero attached hydrogens (tertiary/aromatic N) is 1. The Morgan fingerprint density at radius 1 is 1.53 bits per heavy atom. The molecule has 1 aliphatic rings. The molecular weight excluding hydrogens is 216 g/mol. The number of anilines is 2. The van der Waals surface area contributed by atoms with E-state index in [1.165, 1.54) is 5.56 Å². The number of nitrogens with two attached hydrogens (primary N) is 1. The minimum Gasteiger partial charge on any atom is -0.397 e. The zero-order valence-electron chi connectivity index (χ0n) is 10.2. The Balaban J connectivity index is 2.02. The number of nitrogen functional groups attached to an aromatic ring is 1. The van der Waals surface area contributed by atoms with E-state index in [0.717, 1.165) is 24.3 Å². The van der Waals surface area contributed by atoms with Gasteiger partial charge >= 0.3 is 0 Å². The number of β-amino-alcohol motifs (C(OH)–C–C–N with tert-alkyl or cyclic N) is 1. The van der Waals surface area contributed by atoms with Crippen LogP contribution in [0.25, 0.3) is 0 Å². The lowest BCUT2D eigenvalue weighted by Crippen LogP contribution is -2.34. The van der Waals surface area contributed by atoms with Crippen LogP contribution in [0, 0.1) is 0 Å². The van der Waals surface area contributed by atoms with Crippen molar-refractivity contribution in [2.45, 2.75) is 19.4 Å². The van der Waals surface area contributed by atoms with Crippen LogP contribution in [0.2, 0.25) is 0 Å². The quantitative estimate of drug-likeness (QED) is 0.750. The highest BCUT2D eigenvalue weighted by Crippen LogP contribution is 2.33. The first kappa shape index (κ1) is 12.2. The maximum Gasteiger partial charge on any atom is 0.0948 e. The Morgan fingerprint density at radius 3 is 3.12 bits per heavy atom. The van der Waals surface area contributed by atoms with Crippen molar-refractivity contribution in [2.75, 3.05) is 36.9 Å². The van der Waals surface area contributed by atoms with Crippen LogP contribution in [0.1, 0.15) is 12.5 Å². The molecule has 0 bridgehead atoms. The Labute approximate surface area is 102 Å². The predicted octanol–water partition coefficient (Wildman–Crippen LogP) is 1.03. The van der Waals surface area contributed by atoms with Crippen LogP contribution in [0.15, 0.2) is 18.2 Å². The average molecular weight is 236 g/mol. The van der Waals surface area contributed by atoms with Gasteiger partial charge in [0.2, 0.25) is 0 Å². The lowest BCUT2D eigenvalue weighted by atomic mass is 10.1. The SMILES string of the molecule is CCOCC(O)CN1CCc2cccc(N)c21. The largest absolute Gasteiger partial charge is 0.397 e. The first-order valence-electron chi connectivity index (χ1n) is 6.10. The molecule has 0 radical (unpaired) electrons. The molecule has 1 unspecified atom stereocenters. The van der Waals surface area contributed by atoms with Crippen LogP contribution in [0.3, 0.4) is 0 Å². The smallest absolute Gasteiger partial charge is 0.0948 e. The average Bonchev–Trinajstić information content (AvgIpc) is 2.71. The van der Waals surface area contributed by atoms with E-state index >= 15 is 0 Å². The van der Waals surface area contributed by atoms with Gasteiger partial charge < -0.3 is 20.5 Å². The van der Waals surface area contributed by atoms with Crippen molar-refractivity contribution in [1.29, 1.82) is 0 Å². The van der Waals surface area contributed by atoms with Gasteiger partial charge in [0.25, 0.3) is 0 Å². The van der Waals surface area contributed by atoms with E-state index in [9.17, 15) is 5.11 Å². The van der Waals surface area contributed by atoms with Gasteiger partial charge in [0.15, 0.2) is 0 Å². The van der Waals surface area contributed by atoms with Gasteiger partial charge in [-0.2, -0.15) is 0 Å². The summed E-state index contributed by atoms with van der Waals surface area (Å²) in [7, 11) is 0. The van der Waals surface area contributed by atoms with Crippen molar-refractivity contribution in [3.8, 4) is 0 Å². The number of hydrogen-bond donors (Lipinski definition) is 2. The summed E-state index contributed by atoms with van der Waals surface area (Å²) in [6.07, 6.45) is 0.544. The third kappa shape index (κ3) is 2.70. The highest BCUT2D eigenvalue weighted by atomic mass is 16.5. The van der Waals surface area contributed by atoms with Crippen molar-refractivity contribution in [3.05, 3.63) is 23.8 Å². The lowest BCUT2D eigenvalue weighted by molar-refractivity contribution is 0.0466. The Hall–Kier alpha value is -1.26. The predicted molar refractivity (Wildman–Crippen MR) is 69.3 cm³/mol. The van der Waals surface area contributed by atoms with Crippen LogP contribution in [-0.4, -0.2) is 37.5 Å². The third-order valence-electron chi connectivity index (χ3n) is 3.06. The molecule has 0 spiro atoms. The standard InChI is InChI=1S/C13H20N2O2/c1-2-17-9-11(16)8-15-7-6-10-4-3-5-12(14)13(10)15/h3-5,11,16H,2,6-9,14H2,1H3. The number of para-hydroxylation sites is 1. The van der Waals surface area contributed by atoms with E-state index in [4.69, 9.17) is 10.5 Å². The Kier molecular flexibility index (Phi) is 3.86. The molecule has 94 valence electrons. The molecule has 1 aliphatic heterocycles. The number of fused-ring (bicyclic) bond motifs is 1. The Morgan fingerprint density at radius 2 is 2.35 bits per heavy atom. The molecule has 0 saturated carbocycles. The molecule has 0 saturated heterocycles. The van der Waals surface area contributed by atoms with Crippen molar-refractivity contribution in [1.82, 2.24) is 0 Å². The maximum absolute atomic E-state index is 9.85. The summed E-state index contributed by atoms with van der Waals surface area (Å²) in [4.78, 5) is 2.15. The van der Waals surface area contributed by atoms with Crippen LogP contribution < -0.4 is 10.6 Å². The second-order valence-electron chi connectivity index (χ2n) is 4.36. The second kappa shape index (κ2) is 5.38. The summed E-state index contributed by atoms with van der Waals surface area (Å²) >= 11 is 0. The number of hydrogen-bond acceptors (Lipinski definition) is 4. The highest BCUT2D eigenvalue weighted by Gasteiger charge is 2.23. The highest BCUT2D eigenvalue weighted by molar-refractivity contribution is 5.74. The zero-order valence-corrected chi connectivity index (χ0v) is 10.2. The summed E-state index contributed by atoms with van der Waals surface area (Å²) in [6, 6.07) is 5.99. The molecule has 3 N–H and O–H groups in total. The molecular formula is C13H20N2O2. The number of aliphatic hydroxyl groups excluding tert-OH is 1. The lowest BCUT2D eigenvalue weighted by Gasteiger charge is -2.23. The topological polar surface area (TPSA) is 58.7 Å². The van der Waals surface area contributed by atoms with E-state index in [-0.39, 0.29) is 0 Å². The molecule has 4 nitrogen and oxygen atoms in total. The molecule has 1 atom stereocenters. The number of aliphatic hydroxyl groups is 1. The molecule has 1 aromatic rings. The number of benzene rings is 1. The zero-order chi connectivity index (χ0) is 12.3. The van der Waals surface area contributed by atoms with Crippen LogP contribution >= 0.6 is 0 Å². The Bertz CT molecular complexity index is 382. The summed E-state index contributed by atoms with van der Waals surface area (Å²) in [5.41, 5.74) is 9.14. The fourth-order valence-corrected chi connectivity index (χ4v) is 2.31. The van der Waals surface area contributed by atoms with E-state index < -0.39 is 6.10 Å². The maximum atomic E-state index is 9.85. The summed E-state index contributed by atoms with van der Waals surface area (Å²) in [6.45, 7) is 4.45. The monoisotopic (exact) mass is 236 g/mol. The van der Waals surface area contributed by atoms with Gasteiger partial charge in [-0.05, 0) is 25.0 Å². The van der Waals surface area contributed by atoms with Crippen LogP contribution in [0.5, 0.6) is 0 Å². The third-order valence-corrected chi connectivity index (χ3v) is 3.06. The van der Waals surface area contributed by atoms with Crippen molar-refractivity contribution < 1.29 is 9.84 Å². The van der Waals surface area contributed by atoms with Crippen LogP contribution in [-0.2, 0) is 11.2 Å². The molecule has 1 heterocycles. The molecule has 0 fully saturated rings. The van der Waals surface area contributed by atoms with Crippen molar-refractivity contribution in [2.24, 2.45) is 0 Å². The van der Waals surface area contributed by atoms with Gasteiger partial charge in [-0.25, -0.2) is 0 Å². The molecule has 0 amide bonds. The van der Waals surface area contributed by atoms with E-state index in [2.05, 4.69) is 11.0 Å². The van der Waals surface area contributed by atoms with E-state index in [0.29, 0.717) is 19.8 Å². The molecule has 2 rings (SSSR count). The summed E-state index contributed by atoms with van der Waals surface area (Å²) in [5.74, 6) is 0. The molecule has 0 aromatic heterocycles. The van der Waals surface area contributed by atoms with E-state index in [1.54, 1.807) is 0 Å². The fourth-order valence-electron chi connectivity index (χ4n) is 2.31. The molecule has 1 aromatic carbocycles. The van der Waals surface area contributed by atoms with Gasteiger partial charge in [0, 0.05) is 19.7 Å². The van der Waals surface area contributed by atoms with Gasteiger partial charge in [-0.1, -0.05) is 12.1 Å². The summed E-state index contributed by atoms with van der Waals surface area (Å²) in [5, 5.41) is 9.85. The fraction of sp³-hybridized carbons (Fsp3) is 0.538. The minimum atomic E-state index is -0.458. The first-order valence-corrected chi connectivity index (χ1v) is 6.10. The van der Waals surface area contributed by atoms with Crippen LogP contribution in [0.4, 0.5) is 11.4 Å². The molecule has 0 aliphatic carbocycles.